The zero-order valence-corrected chi connectivity index (χ0v) is 13.4. The molecule has 2 nitrogen and oxygen atoms in total. The maximum atomic E-state index is 6.35. The highest BCUT2D eigenvalue weighted by molar-refractivity contribution is 5.61. The fourth-order valence-electron chi connectivity index (χ4n) is 2.62. The Kier molecular flexibility index (Phi) is 5.03. The van der Waals surface area contributed by atoms with Crippen LogP contribution in [0.2, 0.25) is 0 Å². The Balaban J connectivity index is 2.38. The molecule has 0 fully saturated rings. The van der Waals surface area contributed by atoms with Crippen LogP contribution >= 0.6 is 0 Å². The Morgan fingerprint density at radius 2 is 1.29 bits per heavy atom. The van der Waals surface area contributed by atoms with Gasteiger partial charge < -0.3 is 11.1 Å². The normalized spacial score (nSPS) is 12.7. The summed E-state index contributed by atoms with van der Waals surface area (Å²) in [7, 11) is 0. The minimum Gasteiger partial charge on any atom is -0.366 e. The van der Waals surface area contributed by atoms with Crippen molar-refractivity contribution in [1.29, 1.82) is 0 Å². The Morgan fingerprint density at radius 1 is 0.762 bits per heavy atom. The molecule has 0 aliphatic carbocycles. The van der Waals surface area contributed by atoms with Crippen molar-refractivity contribution in [3.05, 3.63) is 65.2 Å². The standard InChI is InChI=1S/C19H26N2/c1-13(2)16-11-8-12-17(14(3)4)18(16)21-19(20)15-9-6-5-7-10-15/h5-14,19,21H,20H2,1-4H3. The monoisotopic (exact) mass is 282 g/mol. The molecule has 2 aromatic carbocycles. The van der Waals surface area contributed by atoms with E-state index in [-0.39, 0.29) is 6.17 Å². The molecule has 21 heavy (non-hydrogen) atoms. The summed E-state index contributed by atoms with van der Waals surface area (Å²) in [6.07, 6.45) is -0.191. The molecule has 0 aliphatic heterocycles. The second kappa shape index (κ2) is 6.77. The lowest BCUT2D eigenvalue weighted by Gasteiger charge is -2.24. The molecule has 2 rings (SSSR count). The minimum absolute atomic E-state index is 0.191. The molecule has 1 unspecified atom stereocenters. The van der Waals surface area contributed by atoms with E-state index in [1.807, 2.05) is 18.2 Å². The zero-order valence-electron chi connectivity index (χ0n) is 13.4. The van der Waals surface area contributed by atoms with Crippen molar-refractivity contribution >= 4 is 5.69 Å². The van der Waals surface area contributed by atoms with E-state index in [4.69, 9.17) is 5.73 Å². The van der Waals surface area contributed by atoms with Gasteiger partial charge in [0, 0.05) is 5.69 Å². The molecule has 0 amide bonds. The molecule has 0 radical (unpaired) electrons. The lowest BCUT2D eigenvalue weighted by atomic mass is 9.92. The summed E-state index contributed by atoms with van der Waals surface area (Å²) in [6.45, 7) is 8.88. The van der Waals surface area contributed by atoms with Crippen LogP contribution in [0.1, 0.15) is 62.4 Å². The molecule has 2 heteroatoms. The van der Waals surface area contributed by atoms with Gasteiger partial charge in [0.15, 0.2) is 0 Å². The summed E-state index contributed by atoms with van der Waals surface area (Å²) in [5, 5.41) is 3.54. The predicted molar refractivity (Wildman–Crippen MR) is 91.6 cm³/mol. The van der Waals surface area contributed by atoms with E-state index < -0.39 is 0 Å². The van der Waals surface area contributed by atoms with Crippen LogP contribution in [-0.4, -0.2) is 0 Å². The molecule has 0 bridgehead atoms. The van der Waals surface area contributed by atoms with Gasteiger partial charge in [0.25, 0.3) is 0 Å². The smallest absolute Gasteiger partial charge is 0.101 e. The van der Waals surface area contributed by atoms with Crippen LogP contribution in [0.4, 0.5) is 5.69 Å². The van der Waals surface area contributed by atoms with Crippen molar-refractivity contribution < 1.29 is 0 Å². The highest BCUT2D eigenvalue weighted by atomic mass is 15.0. The maximum absolute atomic E-state index is 6.35. The first-order chi connectivity index (χ1) is 10.0. The number of para-hydroxylation sites is 1. The molecule has 3 N–H and O–H groups in total. The van der Waals surface area contributed by atoms with Gasteiger partial charge in [0.05, 0.1) is 0 Å². The highest BCUT2D eigenvalue weighted by Gasteiger charge is 2.16. The first-order valence-electron chi connectivity index (χ1n) is 7.70. The molecule has 0 aliphatic rings. The van der Waals surface area contributed by atoms with Crippen molar-refractivity contribution in [3.63, 3.8) is 0 Å². The Hall–Kier alpha value is -1.80. The number of anilines is 1. The maximum Gasteiger partial charge on any atom is 0.101 e. The second-order valence-corrected chi connectivity index (χ2v) is 6.15. The molecule has 0 spiro atoms. The topological polar surface area (TPSA) is 38.0 Å². The summed E-state index contributed by atoms with van der Waals surface area (Å²) in [5.74, 6) is 0.934. The molecular weight excluding hydrogens is 256 g/mol. The van der Waals surface area contributed by atoms with Crippen molar-refractivity contribution in [1.82, 2.24) is 0 Å². The van der Waals surface area contributed by atoms with E-state index in [1.165, 1.54) is 16.8 Å². The first kappa shape index (κ1) is 15.6. The third-order valence-corrected chi connectivity index (χ3v) is 3.83. The molecule has 0 saturated carbocycles. The highest BCUT2D eigenvalue weighted by Crippen LogP contribution is 2.33. The van der Waals surface area contributed by atoms with Crippen LogP contribution in [0.15, 0.2) is 48.5 Å². The van der Waals surface area contributed by atoms with E-state index in [1.54, 1.807) is 0 Å². The van der Waals surface area contributed by atoms with Crippen molar-refractivity contribution in [2.75, 3.05) is 5.32 Å². The van der Waals surface area contributed by atoms with Crippen LogP contribution in [0.5, 0.6) is 0 Å². The minimum atomic E-state index is -0.191. The summed E-state index contributed by atoms with van der Waals surface area (Å²) in [6, 6.07) is 16.7. The number of hydrogen-bond donors (Lipinski definition) is 2. The fraction of sp³-hybridized carbons (Fsp3) is 0.368. The molecule has 0 heterocycles. The van der Waals surface area contributed by atoms with Gasteiger partial charge in [-0.2, -0.15) is 0 Å². The van der Waals surface area contributed by atoms with Crippen LogP contribution in [0, 0.1) is 0 Å². The molecule has 0 aromatic heterocycles. The molecule has 2 aromatic rings. The van der Waals surface area contributed by atoms with E-state index in [9.17, 15) is 0 Å². The van der Waals surface area contributed by atoms with Gasteiger partial charge in [-0.05, 0) is 28.5 Å². The number of nitrogens with two attached hydrogens (primary N) is 1. The third kappa shape index (κ3) is 3.64. The van der Waals surface area contributed by atoms with Crippen LogP contribution < -0.4 is 11.1 Å². The summed E-state index contributed by atoms with van der Waals surface area (Å²) in [4.78, 5) is 0. The van der Waals surface area contributed by atoms with Gasteiger partial charge in [-0.3, -0.25) is 0 Å². The van der Waals surface area contributed by atoms with E-state index in [0.717, 1.165) is 5.56 Å². The van der Waals surface area contributed by atoms with Crippen molar-refractivity contribution in [3.8, 4) is 0 Å². The Morgan fingerprint density at radius 3 is 1.76 bits per heavy atom. The molecule has 1 atom stereocenters. The zero-order chi connectivity index (χ0) is 15.4. The SMILES string of the molecule is CC(C)c1cccc(C(C)C)c1NC(N)c1ccccc1. The van der Waals surface area contributed by atoms with Crippen LogP contribution in [-0.2, 0) is 0 Å². The Bertz CT molecular complexity index is 547. The van der Waals surface area contributed by atoms with Gasteiger partial charge in [-0.1, -0.05) is 76.2 Å². The Labute approximate surface area is 128 Å². The number of benzene rings is 2. The van der Waals surface area contributed by atoms with Crippen molar-refractivity contribution in [2.24, 2.45) is 5.73 Å². The lowest BCUT2D eigenvalue weighted by Crippen LogP contribution is -2.22. The van der Waals surface area contributed by atoms with E-state index in [0.29, 0.717) is 11.8 Å². The fourth-order valence-corrected chi connectivity index (χ4v) is 2.62. The summed E-state index contributed by atoms with van der Waals surface area (Å²) in [5.41, 5.74) is 11.3. The summed E-state index contributed by atoms with van der Waals surface area (Å²) < 4.78 is 0. The number of hydrogen-bond acceptors (Lipinski definition) is 2. The summed E-state index contributed by atoms with van der Waals surface area (Å²) >= 11 is 0. The number of nitrogens with one attached hydrogen (secondary N) is 1. The van der Waals surface area contributed by atoms with Gasteiger partial charge in [-0.25, -0.2) is 0 Å². The first-order valence-corrected chi connectivity index (χ1v) is 7.70. The molecule has 112 valence electrons. The lowest BCUT2D eigenvalue weighted by molar-refractivity contribution is 0.793. The third-order valence-electron chi connectivity index (χ3n) is 3.83. The van der Waals surface area contributed by atoms with Crippen LogP contribution in [0.25, 0.3) is 0 Å². The number of rotatable bonds is 5. The average Bonchev–Trinajstić information content (AvgIpc) is 2.47. The van der Waals surface area contributed by atoms with Gasteiger partial charge >= 0.3 is 0 Å². The average molecular weight is 282 g/mol. The predicted octanol–water partition coefficient (Wildman–Crippen LogP) is 5.00. The largest absolute Gasteiger partial charge is 0.366 e. The van der Waals surface area contributed by atoms with E-state index in [2.05, 4.69) is 63.3 Å². The van der Waals surface area contributed by atoms with Gasteiger partial charge in [-0.15, -0.1) is 0 Å². The molecule has 0 saturated heterocycles. The van der Waals surface area contributed by atoms with Gasteiger partial charge in [0.2, 0.25) is 0 Å². The van der Waals surface area contributed by atoms with Crippen LogP contribution in [0.3, 0.4) is 0 Å². The quantitative estimate of drug-likeness (QED) is 0.757. The second-order valence-electron chi connectivity index (χ2n) is 6.15. The van der Waals surface area contributed by atoms with Gasteiger partial charge in [0.1, 0.15) is 6.17 Å². The van der Waals surface area contributed by atoms with E-state index >= 15 is 0 Å². The van der Waals surface area contributed by atoms with Crippen molar-refractivity contribution in [2.45, 2.75) is 45.7 Å². The molecular formula is C19H26N2.